The lowest BCUT2D eigenvalue weighted by molar-refractivity contribution is -0.00377. The van der Waals surface area contributed by atoms with Crippen LogP contribution in [0.3, 0.4) is 0 Å². The zero-order chi connectivity index (χ0) is 11.2. The third kappa shape index (κ3) is 3.70. The van der Waals surface area contributed by atoms with Gasteiger partial charge in [-0.05, 0) is 31.8 Å². The molecule has 0 aromatic heterocycles. The van der Waals surface area contributed by atoms with Crippen molar-refractivity contribution in [1.29, 1.82) is 0 Å². The molecule has 0 bridgehead atoms. The molecule has 0 aromatic carbocycles. The van der Waals surface area contributed by atoms with E-state index in [-0.39, 0.29) is 0 Å². The van der Waals surface area contributed by atoms with Crippen LogP contribution >= 0.6 is 0 Å². The molecule has 2 rings (SSSR count). The fraction of sp³-hybridized carbons (Fsp3) is 1.00. The first kappa shape index (κ1) is 12.3. The summed E-state index contributed by atoms with van der Waals surface area (Å²) in [6.07, 6.45) is 2.94. The van der Waals surface area contributed by atoms with Crippen molar-refractivity contribution in [2.45, 2.75) is 18.9 Å². The largest absolute Gasteiger partial charge is 0.384 e. The third-order valence-corrected chi connectivity index (χ3v) is 3.58. The summed E-state index contributed by atoms with van der Waals surface area (Å²) in [7, 11) is 1.80. The Balaban J connectivity index is 1.64. The quantitative estimate of drug-likeness (QED) is 0.752. The molecular weight excluding hydrogens is 204 g/mol. The second-order valence-corrected chi connectivity index (χ2v) is 4.90. The number of nitrogens with one attached hydrogen (secondary N) is 1. The molecule has 2 aliphatic rings. The second-order valence-electron chi connectivity index (χ2n) is 4.90. The second kappa shape index (κ2) is 6.55. The molecular formula is C12H24N2O2. The van der Waals surface area contributed by atoms with Crippen molar-refractivity contribution in [3.8, 4) is 0 Å². The van der Waals surface area contributed by atoms with Crippen LogP contribution < -0.4 is 5.32 Å². The van der Waals surface area contributed by atoms with Crippen molar-refractivity contribution in [3.63, 3.8) is 0 Å². The molecule has 2 fully saturated rings. The highest BCUT2D eigenvalue weighted by molar-refractivity contribution is 4.77. The highest BCUT2D eigenvalue weighted by atomic mass is 16.5. The van der Waals surface area contributed by atoms with E-state index in [1.165, 1.54) is 25.9 Å². The van der Waals surface area contributed by atoms with E-state index in [1.807, 2.05) is 0 Å². The Labute approximate surface area is 98.3 Å². The van der Waals surface area contributed by atoms with Crippen molar-refractivity contribution in [2.75, 3.05) is 53.0 Å². The predicted octanol–water partition coefficient (Wildman–Crippen LogP) is 0.333. The van der Waals surface area contributed by atoms with Crippen molar-refractivity contribution >= 4 is 0 Å². The maximum Gasteiger partial charge on any atom is 0.0826 e. The molecule has 1 atom stereocenters. The lowest BCUT2D eigenvalue weighted by Gasteiger charge is -2.35. The maximum absolute atomic E-state index is 5.73. The van der Waals surface area contributed by atoms with Crippen LogP contribution in [0.4, 0.5) is 0 Å². The zero-order valence-corrected chi connectivity index (χ0v) is 10.3. The molecule has 4 heteroatoms. The number of likely N-dealkylation sites (tertiary alicyclic amines) is 1. The lowest BCUT2D eigenvalue weighted by Crippen LogP contribution is -2.47. The summed E-state index contributed by atoms with van der Waals surface area (Å²) in [5.41, 5.74) is 0. The number of rotatable bonds is 4. The van der Waals surface area contributed by atoms with Crippen LogP contribution in [0.2, 0.25) is 0 Å². The highest BCUT2D eigenvalue weighted by Gasteiger charge is 2.22. The molecule has 0 aromatic rings. The smallest absolute Gasteiger partial charge is 0.0826 e. The van der Waals surface area contributed by atoms with Crippen LogP contribution in [0, 0.1) is 5.92 Å². The van der Waals surface area contributed by atoms with E-state index in [4.69, 9.17) is 9.47 Å². The van der Waals surface area contributed by atoms with Crippen LogP contribution in [0.1, 0.15) is 12.8 Å². The summed E-state index contributed by atoms with van der Waals surface area (Å²) < 4.78 is 10.9. The monoisotopic (exact) mass is 228 g/mol. The minimum atomic E-state index is 0.396. The van der Waals surface area contributed by atoms with Gasteiger partial charge in [-0.1, -0.05) is 0 Å². The van der Waals surface area contributed by atoms with Crippen molar-refractivity contribution in [3.05, 3.63) is 0 Å². The molecule has 16 heavy (non-hydrogen) atoms. The van der Waals surface area contributed by atoms with E-state index < -0.39 is 0 Å². The van der Waals surface area contributed by atoms with Crippen LogP contribution in [-0.2, 0) is 9.47 Å². The van der Waals surface area contributed by atoms with Gasteiger partial charge in [-0.15, -0.1) is 0 Å². The maximum atomic E-state index is 5.73. The fourth-order valence-electron chi connectivity index (χ4n) is 2.60. The SMILES string of the molecule is COCC1CCN(CC2CNCCO2)CC1. The first-order valence-electron chi connectivity index (χ1n) is 6.42. The molecule has 0 saturated carbocycles. The van der Waals surface area contributed by atoms with E-state index in [1.54, 1.807) is 7.11 Å². The topological polar surface area (TPSA) is 33.7 Å². The van der Waals surface area contributed by atoms with Gasteiger partial charge < -0.3 is 19.7 Å². The Morgan fingerprint density at radius 2 is 2.19 bits per heavy atom. The zero-order valence-electron chi connectivity index (χ0n) is 10.3. The molecule has 0 aliphatic carbocycles. The molecule has 1 N–H and O–H groups in total. The lowest BCUT2D eigenvalue weighted by atomic mass is 9.97. The van der Waals surface area contributed by atoms with Crippen LogP contribution in [0.25, 0.3) is 0 Å². The van der Waals surface area contributed by atoms with Gasteiger partial charge in [-0.2, -0.15) is 0 Å². The average molecular weight is 228 g/mol. The third-order valence-electron chi connectivity index (χ3n) is 3.58. The molecule has 0 spiro atoms. The molecule has 0 radical (unpaired) electrons. The minimum absolute atomic E-state index is 0.396. The first-order valence-corrected chi connectivity index (χ1v) is 6.42. The van der Waals surface area contributed by atoms with E-state index >= 15 is 0 Å². The van der Waals surface area contributed by atoms with E-state index in [2.05, 4.69) is 10.2 Å². The van der Waals surface area contributed by atoms with Gasteiger partial charge in [-0.25, -0.2) is 0 Å². The van der Waals surface area contributed by atoms with Crippen LogP contribution in [0.15, 0.2) is 0 Å². The number of morpholine rings is 1. The molecule has 0 amide bonds. The Bertz CT molecular complexity index is 187. The van der Waals surface area contributed by atoms with Crippen molar-refractivity contribution in [2.24, 2.45) is 5.92 Å². The summed E-state index contributed by atoms with van der Waals surface area (Å²) in [5.74, 6) is 0.770. The molecule has 2 aliphatic heterocycles. The van der Waals surface area contributed by atoms with Gasteiger partial charge in [0.2, 0.25) is 0 Å². The Morgan fingerprint density at radius 3 is 2.81 bits per heavy atom. The average Bonchev–Trinajstić information content (AvgIpc) is 2.33. The number of ether oxygens (including phenoxy) is 2. The van der Waals surface area contributed by atoms with Gasteiger partial charge in [0.25, 0.3) is 0 Å². The van der Waals surface area contributed by atoms with Gasteiger partial charge >= 0.3 is 0 Å². The van der Waals surface area contributed by atoms with Crippen LogP contribution in [-0.4, -0.2) is 64.1 Å². The normalized spacial score (nSPS) is 29.4. The van der Waals surface area contributed by atoms with Gasteiger partial charge in [0.1, 0.15) is 0 Å². The minimum Gasteiger partial charge on any atom is -0.384 e. The Morgan fingerprint density at radius 1 is 1.38 bits per heavy atom. The molecule has 2 heterocycles. The van der Waals surface area contributed by atoms with E-state index in [0.717, 1.165) is 38.8 Å². The first-order chi connectivity index (χ1) is 7.88. The summed E-state index contributed by atoms with van der Waals surface area (Å²) in [6, 6.07) is 0. The van der Waals surface area contributed by atoms with E-state index in [0.29, 0.717) is 6.10 Å². The van der Waals surface area contributed by atoms with Gasteiger partial charge in [-0.3, -0.25) is 0 Å². The summed E-state index contributed by atoms with van der Waals surface area (Å²) >= 11 is 0. The molecule has 1 unspecified atom stereocenters. The highest BCUT2D eigenvalue weighted by Crippen LogP contribution is 2.17. The predicted molar refractivity (Wildman–Crippen MR) is 63.6 cm³/mol. The number of methoxy groups -OCH3 is 1. The fourth-order valence-corrected chi connectivity index (χ4v) is 2.60. The molecule has 4 nitrogen and oxygen atoms in total. The van der Waals surface area contributed by atoms with Gasteiger partial charge in [0, 0.05) is 33.4 Å². The standard InChI is InChI=1S/C12H24N2O2/c1-15-10-11-2-5-14(6-3-11)9-12-8-13-4-7-16-12/h11-13H,2-10H2,1H3. The molecule has 2 saturated heterocycles. The van der Waals surface area contributed by atoms with Gasteiger partial charge in [0.05, 0.1) is 12.7 Å². The number of piperidine rings is 1. The van der Waals surface area contributed by atoms with Crippen molar-refractivity contribution < 1.29 is 9.47 Å². The number of hydrogen-bond donors (Lipinski definition) is 1. The molecule has 94 valence electrons. The summed E-state index contributed by atoms with van der Waals surface area (Å²) in [5, 5.41) is 3.38. The van der Waals surface area contributed by atoms with E-state index in [9.17, 15) is 0 Å². The summed E-state index contributed by atoms with van der Waals surface area (Å²) in [6.45, 7) is 7.30. The number of hydrogen-bond acceptors (Lipinski definition) is 4. The Hall–Kier alpha value is -0.160. The van der Waals surface area contributed by atoms with Gasteiger partial charge in [0.15, 0.2) is 0 Å². The summed E-state index contributed by atoms with van der Waals surface area (Å²) in [4.78, 5) is 2.53. The van der Waals surface area contributed by atoms with Crippen molar-refractivity contribution in [1.82, 2.24) is 10.2 Å². The Kier molecular flexibility index (Phi) is 5.03. The number of nitrogens with zero attached hydrogens (tertiary/aromatic N) is 1. The van der Waals surface area contributed by atoms with Crippen LogP contribution in [0.5, 0.6) is 0 Å².